The first kappa shape index (κ1) is 14.9. The van der Waals surface area contributed by atoms with Crippen LogP contribution in [0.15, 0.2) is 18.2 Å². The maximum atomic E-state index is 12.1. The Bertz CT molecular complexity index is 481. The predicted octanol–water partition coefficient (Wildman–Crippen LogP) is 2.58. The van der Waals surface area contributed by atoms with Gasteiger partial charge in [0.1, 0.15) is 5.75 Å². The molecule has 1 fully saturated rings. The number of nitrogens with one attached hydrogen (secondary N) is 1. The lowest BCUT2D eigenvalue weighted by Crippen LogP contribution is -2.33. The summed E-state index contributed by atoms with van der Waals surface area (Å²) in [5, 5.41) is 12.4. The van der Waals surface area contributed by atoms with E-state index in [1.807, 2.05) is 6.92 Å². The number of amides is 2. The summed E-state index contributed by atoms with van der Waals surface area (Å²) in [4.78, 5) is 13.8. The van der Waals surface area contributed by atoms with Gasteiger partial charge in [0.15, 0.2) is 0 Å². The van der Waals surface area contributed by atoms with E-state index in [-0.39, 0.29) is 18.6 Å². The zero-order chi connectivity index (χ0) is 14.5. The van der Waals surface area contributed by atoms with E-state index in [9.17, 15) is 4.79 Å². The van der Waals surface area contributed by atoms with Gasteiger partial charge in [0, 0.05) is 31.3 Å². The molecule has 0 aromatic heterocycles. The molecule has 0 spiro atoms. The number of aliphatic hydroxyl groups is 1. The van der Waals surface area contributed by atoms with Gasteiger partial charge in [-0.25, -0.2) is 4.79 Å². The number of aliphatic hydroxyl groups excluding tert-OH is 1. The van der Waals surface area contributed by atoms with Gasteiger partial charge in [-0.1, -0.05) is 11.6 Å². The van der Waals surface area contributed by atoms with E-state index in [4.69, 9.17) is 21.4 Å². The molecule has 1 saturated heterocycles. The zero-order valence-corrected chi connectivity index (χ0v) is 12.2. The van der Waals surface area contributed by atoms with Crippen molar-refractivity contribution in [3.63, 3.8) is 0 Å². The summed E-state index contributed by atoms with van der Waals surface area (Å²) < 4.78 is 5.34. The van der Waals surface area contributed by atoms with Crippen LogP contribution in [0.2, 0.25) is 5.02 Å². The number of likely N-dealkylation sites (tertiary alicyclic amines) is 1. The number of nitrogens with zero attached hydrogens (tertiary/aromatic N) is 1. The van der Waals surface area contributed by atoms with Crippen LogP contribution >= 0.6 is 11.6 Å². The van der Waals surface area contributed by atoms with E-state index in [1.54, 1.807) is 23.1 Å². The first-order valence-corrected chi connectivity index (χ1v) is 7.11. The van der Waals surface area contributed by atoms with Crippen LogP contribution in [0.1, 0.15) is 13.3 Å². The van der Waals surface area contributed by atoms with E-state index < -0.39 is 0 Å². The number of rotatable bonds is 4. The van der Waals surface area contributed by atoms with Crippen molar-refractivity contribution in [2.75, 3.05) is 31.6 Å². The van der Waals surface area contributed by atoms with Crippen molar-refractivity contribution in [3.05, 3.63) is 23.2 Å². The highest BCUT2D eigenvalue weighted by Gasteiger charge is 2.25. The maximum Gasteiger partial charge on any atom is 0.321 e. The van der Waals surface area contributed by atoms with Gasteiger partial charge in [-0.2, -0.15) is 0 Å². The van der Waals surface area contributed by atoms with Gasteiger partial charge in [-0.15, -0.1) is 0 Å². The fraction of sp³-hybridized carbons (Fsp3) is 0.500. The van der Waals surface area contributed by atoms with Gasteiger partial charge in [0.2, 0.25) is 0 Å². The monoisotopic (exact) mass is 298 g/mol. The Balaban J connectivity index is 1.96. The fourth-order valence-electron chi connectivity index (χ4n) is 2.22. The first-order valence-electron chi connectivity index (χ1n) is 6.73. The average Bonchev–Trinajstić information content (AvgIpc) is 2.91. The van der Waals surface area contributed by atoms with Crippen LogP contribution in [-0.2, 0) is 0 Å². The number of hydrogen-bond acceptors (Lipinski definition) is 3. The third-order valence-electron chi connectivity index (χ3n) is 3.31. The maximum absolute atomic E-state index is 12.1. The molecule has 20 heavy (non-hydrogen) atoms. The molecule has 0 radical (unpaired) electrons. The lowest BCUT2D eigenvalue weighted by molar-refractivity contribution is 0.209. The lowest BCUT2D eigenvalue weighted by Gasteiger charge is -2.17. The molecule has 2 rings (SSSR count). The molecule has 1 aliphatic heterocycles. The van der Waals surface area contributed by atoms with Crippen molar-refractivity contribution in [1.29, 1.82) is 0 Å². The summed E-state index contributed by atoms with van der Waals surface area (Å²) in [6.45, 7) is 3.81. The number of halogens is 1. The second kappa shape index (κ2) is 6.81. The third kappa shape index (κ3) is 3.55. The molecule has 1 unspecified atom stereocenters. The second-order valence-electron chi connectivity index (χ2n) is 4.79. The topological polar surface area (TPSA) is 61.8 Å². The normalized spacial score (nSPS) is 18.1. The molecule has 5 nitrogen and oxygen atoms in total. The highest BCUT2D eigenvalue weighted by molar-refractivity contribution is 6.32. The fourth-order valence-corrected chi connectivity index (χ4v) is 2.45. The molecule has 1 aliphatic rings. The van der Waals surface area contributed by atoms with Crippen LogP contribution < -0.4 is 10.1 Å². The van der Waals surface area contributed by atoms with Crippen LogP contribution in [0.5, 0.6) is 5.75 Å². The Kier molecular flexibility index (Phi) is 5.09. The van der Waals surface area contributed by atoms with Crippen molar-refractivity contribution >= 4 is 23.3 Å². The molecule has 110 valence electrons. The summed E-state index contributed by atoms with van der Waals surface area (Å²) >= 11 is 6.07. The number of carbonyl (C=O) groups excluding carboxylic acids is 1. The van der Waals surface area contributed by atoms with E-state index in [2.05, 4.69) is 5.32 Å². The Labute approximate surface area is 123 Å². The minimum Gasteiger partial charge on any atom is -0.492 e. The van der Waals surface area contributed by atoms with Crippen molar-refractivity contribution in [2.24, 2.45) is 5.92 Å². The van der Waals surface area contributed by atoms with Crippen molar-refractivity contribution in [1.82, 2.24) is 4.90 Å². The van der Waals surface area contributed by atoms with Crippen LogP contribution in [0.25, 0.3) is 0 Å². The van der Waals surface area contributed by atoms with E-state index in [0.717, 1.165) is 6.42 Å². The number of anilines is 1. The minimum absolute atomic E-state index is 0.124. The quantitative estimate of drug-likeness (QED) is 0.898. The Morgan fingerprint density at radius 2 is 2.40 bits per heavy atom. The summed E-state index contributed by atoms with van der Waals surface area (Å²) in [6.07, 6.45) is 0.841. The van der Waals surface area contributed by atoms with Gasteiger partial charge in [0.25, 0.3) is 0 Å². The number of ether oxygens (including phenoxy) is 1. The summed E-state index contributed by atoms with van der Waals surface area (Å²) in [5.41, 5.74) is 0.635. The molecule has 2 N–H and O–H groups in total. The largest absolute Gasteiger partial charge is 0.492 e. The highest BCUT2D eigenvalue weighted by Crippen LogP contribution is 2.28. The van der Waals surface area contributed by atoms with Crippen LogP contribution in [-0.4, -0.2) is 42.3 Å². The second-order valence-corrected chi connectivity index (χ2v) is 5.20. The molecular weight excluding hydrogens is 280 g/mol. The number of urea groups is 1. The molecular formula is C14H19ClN2O3. The Morgan fingerprint density at radius 1 is 1.60 bits per heavy atom. The molecule has 0 aliphatic carbocycles. The zero-order valence-electron chi connectivity index (χ0n) is 11.4. The van der Waals surface area contributed by atoms with E-state index in [1.165, 1.54) is 0 Å². The van der Waals surface area contributed by atoms with Gasteiger partial charge in [-0.05, 0) is 31.5 Å². The van der Waals surface area contributed by atoms with Crippen molar-refractivity contribution in [2.45, 2.75) is 13.3 Å². The minimum atomic E-state index is -0.166. The number of hydrogen-bond donors (Lipinski definition) is 2. The van der Waals surface area contributed by atoms with E-state index >= 15 is 0 Å². The standard InChI is InChI=1S/C14H19ClN2O3/c1-2-20-13-4-3-11(7-12(13)15)16-14(19)17-6-5-10(8-17)9-18/h3-4,7,10,18H,2,5-6,8-9H2,1H3,(H,16,19). The molecule has 1 aromatic carbocycles. The molecule has 0 saturated carbocycles. The van der Waals surface area contributed by atoms with E-state index in [0.29, 0.717) is 36.2 Å². The highest BCUT2D eigenvalue weighted by atomic mass is 35.5. The van der Waals surface area contributed by atoms with Gasteiger partial charge >= 0.3 is 6.03 Å². The predicted molar refractivity (Wildman–Crippen MR) is 78.4 cm³/mol. The van der Waals surface area contributed by atoms with Crippen molar-refractivity contribution in [3.8, 4) is 5.75 Å². The summed E-state index contributed by atoms with van der Waals surface area (Å²) in [6, 6.07) is 5.00. The molecule has 1 aromatic rings. The summed E-state index contributed by atoms with van der Waals surface area (Å²) in [7, 11) is 0. The van der Waals surface area contributed by atoms with Crippen LogP contribution in [0.4, 0.5) is 10.5 Å². The third-order valence-corrected chi connectivity index (χ3v) is 3.61. The van der Waals surface area contributed by atoms with Crippen LogP contribution in [0.3, 0.4) is 0 Å². The van der Waals surface area contributed by atoms with Gasteiger partial charge in [-0.3, -0.25) is 0 Å². The Hall–Kier alpha value is -1.46. The van der Waals surface area contributed by atoms with Gasteiger partial charge in [0.05, 0.1) is 11.6 Å². The lowest BCUT2D eigenvalue weighted by atomic mass is 10.1. The number of benzene rings is 1. The van der Waals surface area contributed by atoms with Gasteiger partial charge < -0.3 is 20.1 Å². The summed E-state index contributed by atoms with van der Waals surface area (Å²) in [5.74, 6) is 0.790. The van der Waals surface area contributed by atoms with Crippen molar-refractivity contribution < 1.29 is 14.6 Å². The molecule has 0 bridgehead atoms. The first-order chi connectivity index (χ1) is 9.63. The molecule has 6 heteroatoms. The molecule has 1 heterocycles. The molecule has 2 amide bonds. The Morgan fingerprint density at radius 3 is 3.00 bits per heavy atom. The average molecular weight is 299 g/mol. The number of carbonyl (C=O) groups is 1. The van der Waals surface area contributed by atoms with Crippen LogP contribution in [0, 0.1) is 5.92 Å². The molecule has 1 atom stereocenters. The smallest absolute Gasteiger partial charge is 0.321 e. The SMILES string of the molecule is CCOc1ccc(NC(=O)N2CCC(CO)C2)cc1Cl.